The largest absolute Gasteiger partial charge is 0.497 e. The SMILES string of the molecule is C=CCC(C)C(C)Nc1ccc(OC)cc1. The highest BCUT2D eigenvalue weighted by atomic mass is 16.5. The van der Waals surface area contributed by atoms with Crippen LogP contribution in [0.15, 0.2) is 36.9 Å². The lowest BCUT2D eigenvalue weighted by Gasteiger charge is -2.21. The van der Waals surface area contributed by atoms with Gasteiger partial charge >= 0.3 is 0 Å². The van der Waals surface area contributed by atoms with E-state index >= 15 is 0 Å². The Morgan fingerprint density at radius 3 is 2.44 bits per heavy atom. The molecule has 1 aromatic rings. The molecule has 2 nitrogen and oxygen atoms in total. The van der Waals surface area contributed by atoms with Crippen molar-refractivity contribution in [3.8, 4) is 5.75 Å². The third-order valence-corrected chi connectivity index (χ3v) is 2.88. The molecule has 0 aliphatic heterocycles. The summed E-state index contributed by atoms with van der Waals surface area (Å²) in [4.78, 5) is 0. The van der Waals surface area contributed by atoms with Gasteiger partial charge in [-0.25, -0.2) is 0 Å². The van der Waals surface area contributed by atoms with Crippen molar-refractivity contribution in [3.05, 3.63) is 36.9 Å². The highest BCUT2D eigenvalue weighted by molar-refractivity contribution is 5.47. The molecule has 0 spiro atoms. The highest BCUT2D eigenvalue weighted by Crippen LogP contribution is 2.18. The smallest absolute Gasteiger partial charge is 0.119 e. The van der Waals surface area contributed by atoms with Crippen LogP contribution in [0.4, 0.5) is 5.69 Å². The van der Waals surface area contributed by atoms with Gasteiger partial charge in [-0.2, -0.15) is 0 Å². The fraction of sp³-hybridized carbons (Fsp3) is 0.429. The van der Waals surface area contributed by atoms with E-state index in [0.717, 1.165) is 17.9 Å². The second-order valence-electron chi connectivity index (χ2n) is 4.16. The van der Waals surface area contributed by atoms with Crippen molar-refractivity contribution in [3.63, 3.8) is 0 Å². The van der Waals surface area contributed by atoms with Crippen molar-refractivity contribution >= 4 is 5.69 Å². The Balaban J connectivity index is 2.55. The number of ether oxygens (including phenoxy) is 1. The molecular weight excluding hydrogens is 198 g/mol. The molecule has 0 aliphatic carbocycles. The van der Waals surface area contributed by atoms with Crippen molar-refractivity contribution in [2.45, 2.75) is 26.3 Å². The first-order chi connectivity index (χ1) is 7.67. The van der Waals surface area contributed by atoms with Crippen LogP contribution >= 0.6 is 0 Å². The summed E-state index contributed by atoms with van der Waals surface area (Å²) in [6.45, 7) is 8.19. The standard InChI is InChI=1S/C14H21NO/c1-5-6-11(2)12(3)15-13-7-9-14(16-4)10-8-13/h5,7-12,15H,1,6H2,2-4H3. The van der Waals surface area contributed by atoms with Crippen LogP contribution in [0.25, 0.3) is 0 Å². The summed E-state index contributed by atoms with van der Waals surface area (Å²) in [5, 5.41) is 3.47. The van der Waals surface area contributed by atoms with Crippen LogP contribution in [-0.4, -0.2) is 13.2 Å². The second-order valence-corrected chi connectivity index (χ2v) is 4.16. The number of hydrogen-bond acceptors (Lipinski definition) is 2. The van der Waals surface area contributed by atoms with Gasteiger partial charge in [-0.3, -0.25) is 0 Å². The summed E-state index contributed by atoms with van der Waals surface area (Å²) < 4.78 is 5.12. The lowest BCUT2D eigenvalue weighted by molar-refractivity contribution is 0.415. The quantitative estimate of drug-likeness (QED) is 0.736. The molecule has 1 N–H and O–H groups in total. The van der Waals surface area contributed by atoms with Gasteiger partial charge in [-0.15, -0.1) is 6.58 Å². The van der Waals surface area contributed by atoms with Crippen LogP contribution in [0.1, 0.15) is 20.3 Å². The maximum Gasteiger partial charge on any atom is 0.119 e. The summed E-state index contributed by atoms with van der Waals surface area (Å²) in [5.74, 6) is 1.47. The first-order valence-corrected chi connectivity index (χ1v) is 5.69. The average Bonchev–Trinajstić information content (AvgIpc) is 2.30. The van der Waals surface area contributed by atoms with Crippen molar-refractivity contribution in [2.75, 3.05) is 12.4 Å². The van der Waals surface area contributed by atoms with Crippen LogP contribution in [0.3, 0.4) is 0 Å². The molecule has 0 saturated heterocycles. The van der Waals surface area contributed by atoms with Crippen LogP contribution in [-0.2, 0) is 0 Å². The van der Waals surface area contributed by atoms with E-state index in [0.29, 0.717) is 12.0 Å². The molecule has 2 unspecified atom stereocenters. The van der Waals surface area contributed by atoms with Gasteiger partial charge in [0, 0.05) is 11.7 Å². The third-order valence-electron chi connectivity index (χ3n) is 2.88. The number of benzene rings is 1. The van der Waals surface area contributed by atoms with Crippen molar-refractivity contribution in [2.24, 2.45) is 5.92 Å². The van der Waals surface area contributed by atoms with E-state index in [1.165, 1.54) is 0 Å². The number of rotatable bonds is 6. The second kappa shape index (κ2) is 6.21. The molecule has 0 heterocycles. The molecule has 0 bridgehead atoms. The average molecular weight is 219 g/mol. The molecule has 1 aromatic carbocycles. The lowest BCUT2D eigenvalue weighted by atomic mass is 10.00. The van der Waals surface area contributed by atoms with E-state index in [9.17, 15) is 0 Å². The Bertz CT molecular complexity index is 318. The normalized spacial score (nSPS) is 13.9. The Labute approximate surface area is 98.3 Å². The van der Waals surface area contributed by atoms with Gasteiger partial charge in [0.05, 0.1) is 7.11 Å². The van der Waals surface area contributed by atoms with Gasteiger partial charge < -0.3 is 10.1 Å². The van der Waals surface area contributed by atoms with E-state index in [2.05, 4.69) is 25.7 Å². The van der Waals surface area contributed by atoms with Gasteiger partial charge in [-0.1, -0.05) is 13.0 Å². The molecule has 88 valence electrons. The zero-order valence-electron chi connectivity index (χ0n) is 10.4. The molecule has 0 aliphatic rings. The predicted molar refractivity (Wildman–Crippen MR) is 70.1 cm³/mol. The Morgan fingerprint density at radius 2 is 1.94 bits per heavy atom. The van der Waals surface area contributed by atoms with Gasteiger partial charge in [0.1, 0.15) is 5.75 Å². The number of methoxy groups -OCH3 is 1. The van der Waals surface area contributed by atoms with Gasteiger partial charge in [-0.05, 0) is 43.5 Å². The Morgan fingerprint density at radius 1 is 1.31 bits per heavy atom. The van der Waals surface area contributed by atoms with Crippen molar-refractivity contribution in [1.82, 2.24) is 0 Å². The lowest BCUT2D eigenvalue weighted by Crippen LogP contribution is -2.23. The summed E-state index contributed by atoms with van der Waals surface area (Å²) in [6, 6.07) is 8.44. The molecule has 16 heavy (non-hydrogen) atoms. The molecule has 0 radical (unpaired) electrons. The molecule has 0 amide bonds. The van der Waals surface area contributed by atoms with E-state index in [-0.39, 0.29) is 0 Å². The monoisotopic (exact) mass is 219 g/mol. The van der Waals surface area contributed by atoms with Crippen LogP contribution in [0.5, 0.6) is 5.75 Å². The third kappa shape index (κ3) is 3.61. The topological polar surface area (TPSA) is 21.3 Å². The van der Waals surface area contributed by atoms with E-state index in [1.54, 1.807) is 7.11 Å². The van der Waals surface area contributed by atoms with E-state index in [4.69, 9.17) is 4.74 Å². The molecule has 0 aromatic heterocycles. The van der Waals surface area contributed by atoms with Gasteiger partial charge in [0.15, 0.2) is 0 Å². The minimum Gasteiger partial charge on any atom is -0.497 e. The molecule has 1 rings (SSSR count). The van der Waals surface area contributed by atoms with E-state index < -0.39 is 0 Å². The highest BCUT2D eigenvalue weighted by Gasteiger charge is 2.09. The maximum absolute atomic E-state index is 5.12. The van der Waals surface area contributed by atoms with Crippen LogP contribution in [0.2, 0.25) is 0 Å². The van der Waals surface area contributed by atoms with Crippen LogP contribution < -0.4 is 10.1 Å². The molecule has 0 saturated carbocycles. The van der Waals surface area contributed by atoms with Crippen LogP contribution in [0, 0.1) is 5.92 Å². The van der Waals surface area contributed by atoms with Gasteiger partial charge in [0.25, 0.3) is 0 Å². The maximum atomic E-state index is 5.12. The summed E-state index contributed by atoms with van der Waals surface area (Å²) in [6.07, 6.45) is 3.00. The number of hydrogen-bond donors (Lipinski definition) is 1. The van der Waals surface area contributed by atoms with E-state index in [1.807, 2.05) is 30.3 Å². The number of allylic oxidation sites excluding steroid dienone is 1. The minimum atomic E-state index is 0.436. The van der Waals surface area contributed by atoms with Crippen molar-refractivity contribution < 1.29 is 4.74 Å². The number of anilines is 1. The Kier molecular flexibility index (Phi) is 4.90. The fourth-order valence-corrected chi connectivity index (χ4v) is 1.56. The first-order valence-electron chi connectivity index (χ1n) is 5.69. The fourth-order valence-electron chi connectivity index (χ4n) is 1.56. The molecule has 2 heteroatoms. The van der Waals surface area contributed by atoms with Gasteiger partial charge in [0.2, 0.25) is 0 Å². The summed E-state index contributed by atoms with van der Waals surface area (Å²) in [5.41, 5.74) is 1.13. The number of nitrogens with one attached hydrogen (secondary N) is 1. The first kappa shape index (κ1) is 12.6. The summed E-state index contributed by atoms with van der Waals surface area (Å²) >= 11 is 0. The summed E-state index contributed by atoms with van der Waals surface area (Å²) in [7, 11) is 1.68. The Hall–Kier alpha value is -1.44. The zero-order valence-corrected chi connectivity index (χ0v) is 10.4. The molecule has 0 fully saturated rings. The molecule has 2 atom stereocenters. The minimum absolute atomic E-state index is 0.436. The molecular formula is C14H21NO. The van der Waals surface area contributed by atoms with Crippen molar-refractivity contribution in [1.29, 1.82) is 0 Å². The zero-order chi connectivity index (χ0) is 12.0. The predicted octanol–water partition coefficient (Wildman–Crippen LogP) is 3.71.